The maximum absolute atomic E-state index is 12.8. The van der Waals surface area contributed by atoms with E-state index in [1.54, 1.807) is 0 Å². The third-order valence-electron chi connectivity index (χ3n) is 4.09. The summed E-state index contributed by atoms with van der Waals surface area (Å²) in [5, 5.41) is 3.17. The van der Waals surface area contributed by atoms with Crippen molar-refractivity contribution < 1.29 is 4.79 Å². The summed E-state index contributed by atoms with van der Waals surface area (Å²) in [5.74, 6) is 0.102. The number of carbonyl (C=O) groups excluding carboxylic acids is 1. The van der Waals surface area contributed by atoms with E-state index in [4.69, 9.17) is 0 Å². The molecule has 0 saturated carbocycles. The van der Waals surface area contributed by atoms with Gasteiger partial charge in [0.25, 0.3) is 5.91 Å². The molecule has 116 valence electrons. The molecule has 22 heavy (non-hydrogen) atoms. The summed E-state index contributed by atoms with van der Waals surface area (Å²) < 4.78 is 0. The fourth-order valence-corrected chi connectivity index (χ4v) is 2.79. The van der Waals surface area contributed by atoms with E-state index in [0.717, 1.165) is 16.8 Å². The molecule has 0 bridgehead atoms. The van der Waals surface area contributed by atoms with Gasteiger partial charge in [-0.05, 0) is 25.6 Å². The van der Waals surface area contributed by atoms with Gasteiger partial charge in [0.05, 0.1) is 6.54 Å². The SMILES string of the molecule is CC.CNC1(C)C(=O)N(Cc2ccccc2)c2ccccc21. The smallest absolute Gasteiger partial charge is 0.252 e. The minimum absolute atomic E-state index is 0.102. The predicted molar refractivity (Wildman–Crippen MR) is 91.8 cm³/mol. The lowest BCUT2D eigenvalue weighted by atomic mass is 9.94. The van der Waals surface area contributed by atoms with E-state index in [-0.39, 0.29) is 5.91 Å². The normalized spacial score (nSPS) is 19.5. The van der Waals surface area contributed by atoms with Crippen LogP contribution in [0.5, 0.6) is 0 Å². The van der Waals surface area contributed by atoms with Gasteiger partial charge in [-0.15, -0.1) is 0 Å². The molecular formula is C19H24N2O. The second-order valence-corrected chi connectivity index (χ2v) is 5.27. The number of nitrogens with zero attached hydrogens (tertiary/aromatic N) is 1. The fourth-order valence-electron chi connectivity index (χ4n) is 2.79. The first-order chi connectivity index (χ1) is 10.7. The first-order valence-corrected chi connectivity index (χ1v) is 7.81. The zero-order valence-corrected chi connectivity index (χ0v) is 13.8. The highest BCUT2D eigenvalue weighted by molar-refractivity contribution is 6.07. The monoisotopic (exact) mass is 296 g/mol. The summed E-state index contributed by atoms with van der Waals surface area (Å²) in [7, 11) is 1.83. The third kappa shape index (κ3) is 2.64. The molecule has 1 N–H and O–H groups in total. The maximum Gasteiger partial charge on any atom is 0.252 e. The van der Waals surface area contributed by atoms with Gasteiger partial charge >= 0.3 is 0 Å². The molecule has 1 atom stereocenters. The number of anilines is 1. The average molecular weight is 296 g/mol. The lowest BCUT2D eigenvalue weighted by molar-refractivity contribution is -0.123. The third-order valence-corrected chi connectivity index (χ3v) is 4.09. The van der Waals surface area contributed by atoms with Gasteiger partial charge in [-0.25, -0.2) is 0 Å². The van der Waals surface area contributed by atoms with Crippen LogP contribution >= 0.6 is 0 Å². The van der Waals surface area contributed by atoms with Crippen molar-refractivity contribution in [1.82, 2.24) is 5.32 Å². The number of fused-ring (bicyclic) bond motifs is 1. The van der Waals surface area contributed by atoms with Crippen molar-refractivity contribution in [2.75, 3.05) is 11.9 Å². The van der Waals surface area contributed by atoms with Gasteiger partial charge in [-0.3, -0.25) is 4.79 Å². The molecule has 2 aromatic carbocycles. The summed E-state index contributed by atoms with van der Waals surface area (Å²) in [6, 6.07) is 18.1. The number of hydrogen-bond acceptors (Lipinski definition) is 2. The van der Waals surface area contributed by atoms with Crippen LogP contribution in [0.4, 0.5) is 5.69 Å². The topological polar surface area (TPSA) is 32.3 Å². The van der Waals surface area contributed by atoms with Gasteiger partial charge in [-0.1, -0.05) is 62.4 Å². The Hall–Kier alpha value is -2.13. The molecule has 1 aliphatic rings. The molecule has 1 heterocycles. The zero-order valence-electron chi connectivity index (χ0n) is 13.8. The number of para-hydroxylation sites is 1. The molecule has 0 radical (unpaired) electrons. The van der Waals surface area contributed by atoms with Gasteiger partial charge in [0.1, 0.15) is 5.54 Å². The lowest BCUT2D eigenvalue weighted by Gasteiger charge is -2.23. The van der Waals surface area contributed by atoms with Crippen LogP contribution in [0.3, 0.4) is 0 Å². The van der Waals surface area contributed by atoms with Crippen molar-refractivity contribution in [2.45, 2.75) is 32.9 Å². The summed E-state index contributed by atoms with van der Waals surface area (Å²) in [4.78, 5) is 14.6. The highest BCUT2D eigenvalue weighted by Gasteiger charge is 2.46. The quantitative estimate of drug-likeness (QED) is 0.937. The summed E-state index contributed by atoms with van der Waals surface area (Å²) in [6.07, 6.45) is 0. The van der Waals surface area contributed by atoms with Gasteiger partial charge < -0.3 is 10.2 Å². The molecule has 2 aromatic rings. The molecule has 0 fully saturated rings. The average Bonchev–Trinajstić information content (AvgIpc) is 2.81. The summed E-state index contributed by atoms with van der Waals surface area (Å²) in [5.41, 5.74) is 2.54. The van der Waals surface area contributed by atoms with E-state index in [9.17, 15) is 4.79 Å². The van der Waals surface area contributed by atoms with Crippen molar-refractivity contribution in [2.24, 2.45) is 0 Å². The molecule has 1 amide bonds. The summed E-state index contributed by atoms with van der Waals surface area (Å²) >= 11 is 0. The number of carbonyl (C=O) groups is 1. The Labute approximate surface area is 133 Å². The first-order valence-electron chi connectivity index (χ1n) is 7.81. The van der Waals surface area contributed by atoms with Gasteiger partial charge in [0.15, 0.2) is 0 Å². The Kier molecular flexibility index (Phi) is 4.99. The molecule has 0 spiro atoms. The number of likely N-dealkylation sites (N-methyl/N-ethyl adjacent to an activating group) is 1. The molecular weight excluding hydrogens is 272 g/mol. The minimum atomic E-state index is -0.634. The van der Waals surface area contributed by atoms with Crippen LogP contribution in [0.1, 0.15) is 31.9 Å². The van der Waals surface area contributed by atoms with Crippen LogP contribution in [-0.4, -0.2) is 13.0 Å². The van der Waals surface area contributed by atoms with Crippen LogP contribution in [0.25, 0.3) is 0 Å². The largest absolute Gasteiger partial charge is 0.306 e. The minimum Gasteiger partial charge on any atom is -0.306 e. The van der Waals surface area contributed by atoms with Crippen LogP contribution in [0, 0.1) is 0 Å². The van der Waals surface area contributed by atoms with Crippen LogP contribution in [0.15, 0.2) is 54.6 Å². The Morgan fingerprint density at radius 2 is 1.59 bits per heavy atom. The van der Waals surface area contributed by atoms with Gasteiger partial charge in [-0.2, -0.15) is 0 Å². The number of benzene rings is 2. The Morgan fingerprint density at radius 1 is 1.00 bits per heavy atom. The van der Waals surface area contributed by atoms with E-state index >= 15 is 0 Å². The molecule has 3 nitrogen and oxygen atoms in total. The Morgan fingerprint density at radius 3 is 2.23 bits per heavy atom. The van der Waals surface area contributed by atoms with Crippen LogP contribution < -0.4 is 10.2 Å². The van der Waals surface area contributed by atoms with Crippen molar-refractivity contribution >= 4 is 11.6 Å². The number of hydrogen-bond donors (Lipinski definition) is 1. The van der Waals surface area contributed by atoms with Gasteiger partial charge in [0, 0.05) is 11.3 Å². The fraction of sp³-hybridized carbons (Fsp3) is 0.316. The van der Waals surface area contributed by atoms with E-state index in [0.29, 0.717) is 6.54 Å². The number of nitrogens with one attached hydrogen (secondary N) is 1. The predicted octanol–water partition coefficient (Wildman–Crippen LogP) is 3.69. The molecule has 3 heteroatoms. The van der Waals surface area contributed by atoms with E-state index in [1.165, 1.54) is 0 Å². The van der Waals surface area contributed by atoms with Crippen molar-refractivity contribution in [1.29, 1.82) is 0 Å². The highest BCUT2D eigenvalue weighted by Crippen LogP contribution is 2.40. The number of rotatable bonds is 3. The van der Waals surface area contributed by atoms with E-state index < -0.39 is 5.54 Å². The second-order valence-electron chi connectivity index (χ2n) is 5.27. The number of amides is 1. The Balaban J connectivity index is 0.000000847. The second kappa shape index (κ2) is 6.75. The first kappa shape index (κ1) is 16.2. The standard InChI is InChI=1S/C17H18N2O.C2H6/c1-17(18-2)14-10-6-7-11-15(14)19(16(17)20)12-13-8-4-3-5-9-13;1-2/h3-11,18H,12H2,1-2H3;1-2H3. The van der Waals surface area contributed by atoms with Crippen LogP contribution in [-0.2, 0) is 16.9 Å². The van der Waals surface area contributed by atoms with Gasteiger partial charge in [0.2, 0.25) is 0 Å². The van der Waals surface area contributed by atoms with Crippen LogP contribution in [0.2, 0.25) is 0 Å². The Bertz CT molecular complexity index is 639. The molecule has 0 aromatic heterocycles. The lowest BCUT2D eigenvalue weighted by Crippen LogP contribution is -2.46. The molecule has 1 aliphatic heterocycles. The highest BCUT2D eigenvalue weighted by atomic mass is 16.2. The van der Waals surface area contributed by atoms with Crippen molar-refractivity contribution in [3.8, 4) is 0 Å². The zero-order chi connectivity index (χ0) is 16.2. The van der Waals surface area contributed by atoms with Crippen molar-refractivity contribution in [3.05, 3.63) is 65.7 Å². The van der Waals surface area contributed by atoms with E-state index in [1.807, 2.05) is 87.3 Å². The van der Waals surface area contributed by atoms with Crippen molar-refractivity contribution in [3.63, 3.8) is 0 Å². The molecule has 0 aliphatic carbocycles. The van der Waals surface area contributed by atoms with E-state index in [2.05, 4.69) is 5.32 Å². The molecule has 1 unspecified atom stereocenters. The summed E-state index contributed by atoms with van der Waals surface area (Å²) in [6.45, 7) is 6.55. The maximum atomic E-state index is 12.8. The molecule has 3 rings (SSSR count). The molecule has 0 saturated heterocycles.